The van der Waals surface area contributed by atoms with Crippen molar-refractivity contribution in [2.24, 2.45) is 0 Å². The summed E-state index contributed by atoms with van der Waals surface area (Å²) in [6.07, 6.45) is 8.00. The zero-order valence-electron chi connectivity index (χ0n) is 16.1. The van der Waals surface area contributed by atoms with Crippen LogP contribution < -0.4 is 9.64 Å². The Hall–Kier alpha value is -1.96. The van der Waals surface area contributed by atoms with Crippen LogP contribution in [-0.4, -0.2) is 13.7 Å². The Balaban J connectivity index is 1.97. The third kappa shape index (κ3) is 6.81. The molecule has 0 amide bonds. The van der Waals surface area contributed by atoms with Crippen LogP contribution in [0.5, 0.6) is 5.75 Å². The molecule has 2 nitrogen and oxygen atoms in total. The van der Waals surface area contributed by atoms with E-state index in [1.54, 1.807) is 7.11 Å². The Kier molecular flexibility index (Phi) is 8.38. The number of benzene rings is 2. The van der Waals surface area contributed by atoms with E-state index in [9.17, 15) is 0 Å². The summed E-state index contributed by atoms with van der Waals surface area (Å²) in [6.45, 7) is 6.47. The van der Waals surface area contributed by atoms with Crippen LogP contribution in [0.25, 0.3) is 0 Å². The number of nitrogens with zero attached hydrogens (tertiary/aromatic N) is 1. The van der Waals surface area contributed by atoms with Crippen LogP contribution in [0.2, 0.25) is 0 Å². The topological polar surface area (TPSA) is 12.5 Å². The van der Waals surface area contributed by atoms with Crippen molar-refractivity contribution in [3.05, 3.63) is 59.7 Å². The summed E-state index contributed by atoms with van der Waals surface area (Å²) < 4.78 is 5.27. The molecule has 0 N–H and O–H groups in total. The molecular formula is C23H33NO. The average Bonchev–Trinajstić information content (AvgIpc) is 2.65. The molecular weight excluding hydrogens is 306 g/mol. The molecule has 2 aromatic rings. The highest BCUT2D eigenvalue weighted by Gasteiger charge is 2.08. The summed E-state index contributed by atoms with van der Waals surface area (Å²) in [5.74, 6) is 0.918. The molecule has 0 unspecified atom stereocenters. The number of rotatable bonds is 11. The largest absolute Gasteiger partial charge is 0.497 e. The molecule has 0 aliphatic rings. The molecule has 0 aromatic heterocycles. The lowest BCUT2D eigenvalue weighted by Gasteiger charge is -2.25. The van der Waals surface area contributed by atoms with E-state index < -0.39 is 0 Å². The maximum absolute atomic E-state index is 5.27. The Morgan fingerprint density at radius 2 is 1.44 bits per heavy atom. The number of aryl methyl sites for hydroxylation is 1. The second-order valence-corrected chi connectivity index (χ2v) is 6.87. The zero-order chi connectivity index (χ0) is 17.9. The summed E-state index contributed by atoms with van der Waals surface area (Å²) in [5.41, 5.74) is 3.95. The minimum atomic E-state index is 0.918. The molecule has 2 rings (SSSR count). The number of hydrogen-bond acceptors (Lipinski definition) is 2. The van der Waals surface area contributed by atoms with Gasteiger partial charge in [-0.25, -0.2) is 0 Å². The van der Waals surface area contributed by atoms with Gasteiger partial charge < -0.3 is 9.64 Å². The Morgan fingerprint density at radius 3 is 2.08 bits per heavy atom. The summed E-state index contributed by atoms with van der Waals surface area (Å²) in [7, 11) is 1.71. The first-order chi connectivity index (χ1) is 12.2. The monoisotopic (exact) mass is 339 g/mol. The number of unbranched alkanes of at least 4 members (excludes halogenated alkanes) is 5. The van der Waals surface area contributed by atoms with Crippen molar-refractivity contribution in [2.75, 3.05) is 18.6 Å². The van der Waals surface area contributed by atoms with Crippen LogP contribution in [0.15, 0.2) is 48.5 Å². The molecule has 0 atom stereocenters. The number of anilines is 1. The number of methoxy groups -OCH3 is 1. The summed E-state index contributed by atoms with van der Waals surface area (Å²) in [6, 6.07) is 17.3. The first-order valence-corrected chi connectivity index (χ1v) is 9.67. The molecule has 2 aromatic carbocycles. The lowest BCUT2D eigenvalue weighted by atomic mass is 10.1. The minimum Gasteiger partial charge on any atom is -0.497 e. The predicted octanol–water partition coefficient (Wildman–Crippen LogP) is 6.37. The first kappa shape index (κ1) is 19.4. The van der Waals surface area contributed by atoms with Crippen LogP contribution >= 0.6 is 0 Å². The van der Waals surface area contributed by atoms with Crippen molar-refractivity contribution < 1.29 is 4.74 Å². The molecule has 0 saturated heterocycles. The molecule has 136 valence electrons. The van der Waals surface area contributed by atoms with Gasteiger partial charge in [-0.1, -0.05) is 68.9 Å². The van der Waals surface area contributed by atoms with Gasteiger partial charge in [0.15, 0.2) is 0 Å². The van der Waals surface area contributed by atoms with Crippen LogP contribution in [0.3, 0.4) is 0 Å². The van der Waals surface area contributed by atoms with E-state index in [2.05, 4.69) is 55.1 Å². The van der Waals surface area contributed by atoms with Gasteiger partial charge in [0.1, 0.15) is 5.75 Å². The fraction of sp³-hybridized carbons (Fsp3) is 0.478. The van der Waals surface area contributed by atoms with Crippen molar-refractivity contribution in [3.8, 4) is 5.75 Å². The molecule has 0 fully saturated rings. The lowest BCUT2D eigenvalue weighted by Crippen LogP contribution is -2.23. The van der Waals surface area contributed by atoms with Crippen molar-refractivity contribution in [3.63, 3.8) is 0 Å². The highest BCUT2D eigenvalue weighted by Crippen LogP contribution is 2.21. The maximum Gasteiger partial charge on any atom is 0.118 e. The Labute approximate surface area is 153 Å². The van der Waals surface area contributed by atoms with Crippen molar-refractivity contribution in [2.45, 2.75) is 58.9 Å². The second-order valence-electron chi connectivity index (χ2n) is 6.87. The molecule has 0 radical (unpaired) electrons. The van der Waals surface area contributed by atoms with Crippen molar-refractivity contribution >= 4 is 5.69 Å². The molecule has 0 spiro atoms. The van der Waals surface area contributed by atoms with Gasteiger partial charge in [0.2, 0.25) is 0 Å². The third-order valence-corrected chi connectivity index (χ3v) is 4.71. The molecule has 2 heteroatoms. The van der Waals surface area contributed by atoms with Gasteiger partial charge in [0.05, 0.1) is 7.11 Å². The van der Waals surface area contributed by atoms with Crippen LogP contribution in [-0.2, 0) is 6.54 Å². The van der Waals surface area contributed by atoms with E-state index >= 15 is 0 Å². The standard InChI is InChI=1S/C23H33NO/c1-4-5-6-7-8-9-18-24(22-14-10-20(2)11-15-22)19-21-12-16-23(25-3)17-13-21/h10-17H,4-9,18-19H2,1-3H3. The molecule has 0 bridgehead atoms. The summed E-state index contributed by atoms with van der Waals surface area (Å²) in [4.78, 5) is 2.50. The van der Waals surface area contributed by atoms with Crippen LogP contribution in [0, 0.1) is 6.92 Å². The van der Waals surface area contributed by atoms with Gasteiger partial charge >= 0.3 is 0 Å². The molecule has 25 heavy (non-hydrogen) atoms. The van der Waals surface area contributed by atoms with Crippen LogP contribution in [0.4, 0.5) is 5.69 Å². The fourth-order valence-electron chi connectivity index (χ4n) is 3.09. The second kappa shape index (κ2) is 10.8. The minimum absolute atomic E-state index is 0.918. The third-order valence-electron chi connectivity index (χ3n) is 4.71. The predicted molar refractivity (Wildman–Crippen MR) is 109 cm³/mol. The number of hydrogen-bond donors (Lipinski definition) is 0. The van der Waals surface area contributed by atoms with Gasteiger partial charge in [-0.3, -0.25) is 0 Å². The SMILES string of the molecule is CCCCCCCCN(Cc1ccc(OC)cc1)c1ccc(C)cc1. The maximum atomic E-state index is 5.27. The van der Waals surface area contributed by atoms with E-state index in [1.165, 1.54) is 55.3 Å². The van der Waals surface area contributed by atoms with Gasteiger partial charge in [0, 0.05) is 18.8 Å². The van der Waals surface area contributed by atoms with Gasteiger partial charge in [0.25, 0.3) is 0 Å². The highest BCUT2D eigenvalue weighted by atomic mass is 16.5. The fourth-order valence-corrected chi connectivity index (χ4v) is 3.09. The van der Waals surface area contributed by atoms with E-state index in [1.807, 2.05) is 12.1 Å². The average molecular weight is 340 g/mol. The lowest BCUT2D eigenvalue weighted by molar-refractivity contribution is 0.414. The van der Waals surface area contributed by atoms with E-state index in [4.69, 9.17) is 4.74 Å². The molecule has 0 aliphatic heterocycles. The van der Waals surface area contributed by atoms with Crippen molar-refractivity contribution in [1.29, 1.82) is 0 Å². The summed E-state index contributed by atoms with van der Waals surface area (Å²) in [5, 5.41) is 0. The van der Waals surface area contributed by atoms with E-state index in [0.717, 1.165) is 18.8 Å². The smallest absolute Gasteiger partial charge is 0.118 e. The Bertz CT molecular complexity index is 588. The van der Waals surface area contributed by atoms with Gasteiger partial charge in [-0.2, -0.15) is 0 Å². The van der Waals surface area contributed by atoms with E-state index in [-0.39, 0.29) is 0 Å². The van der Waals surface area contributed by atoms with Crippen molar-refractivity contribution in [1.82, 2.24) is 0 Å². The highest BCUT2D eigenvalue weighted by molar-refractivity contribution is 5.48. The molecule has 0 heterocycles. The zero-order valence-corrected chi connectivity index (χ0v) is 16.1. The quantitative estimate of drug-likeness (QED) is 0.441. The number of ether oxygens (including phenoxy) is 1. The Morgan fingerprint density at radius 1 is 0.800 bits per heavy atom. The van der Waals surface area contributed by atoms with Gasteiger partial charge in [-0.15, -0.1) is 0 Å². The molecule has 0 aliphatic carbocycles. The molecule has 0 saturated carbocycles. The van der Waals surface area contributed by atoms with Crippen LogP contribution in [0.1, 0.15) is 56.6 Å². The van der Waals surface area contributed by atoms with E-state index in [0.29, 0.717) is 0 Å². The first-order valence-electron chi connectivity index (χ1n) is 9.67. The van der Waals surface area contributed by atoms with Gasteiger partial charge in [-0.05, 0) is 43.2 Å². The summed E-state index contributed by atoms with van der Waals surface area (Å²) >= 11 is 0. The normalized spacial score (nSPS) is 10.7.